The number of aromatic nitrogens is 4. The van der Waals surface area contributed by atoms with Crippen LogP contribution >= 0.6 is 0 Å². The van der Waals surface area contributed by atoms with Crippen LogP contribution in [0.5, 0.6) is 0 Å². The maximum Gasteiger partial charge on any atom is 0.163 e. The average molecular weight is 338 g/mol. The summed E-state index contributed by atoms with van der Waals surface area (Å²) in [7, 11) is 0. The second kappa shape index (κ2) is 8.72. The Morgan fingerprint density at radius 1 is 1.00 bits per heavy atom. The van der Waals surface area contributed by atoms with E-state index in [1.807, 2.05) is 22.8 Å². The minimum atomic E-state index is -0.577. The summed E-state index contributed by atoms with van der Waals surface area (Å²) in [5.74, 6) is 0. The van der Waals surface area contributed by atoms with Gasteiger partial charge in [-0.15, -0.1) is 0 Å². The maximum atomic E-state index is 10.5. The molecule has 1 aromatic carbocycles. The molecule has 132 valence electrons. The maximum absolute atomic E-state index is 10.5. The van der Waals surface area contributed by atoms with Crippen LogP contribution in [0.4, 0.5) is 0 Å². The summed E-state index contributed by atoms with van der Waals surface area (Å²) in [6.45, 7) is 2.92. The Kier molecular flexibility index (Phi) is 6.12. The van der Waals surface area contributed by atoms with Crippen molar-refractivity contribution >= 4 is 11.2 Å². The summed E-state index contributed by atoms with van der Waals surface area (Å²) >= 11 is 0. The van der Waals surface area contributed by atoms with E-state index in [2.05, 4.69) is 34.0 Å². The lowest BCUT2D eigenvalue weighted by Crippen LogP contribution is -2.04. The normalized spacial score (nSPS) is 12.6. The van der Waals surface area contributed by atoms with Crippen LogP contribution in [-0.4, -0.2) is 24.6 Å². The molecule has 2 aromatic heterocycles. The number of fused-ring (bicyclic) bond motifs is 1. The van der Waals surface area contributed by atoms with E-state index in [0.29, 0.717) is 17.8 Å². The monoisotopic (exact) mass is 338 g/mol. The van der Waals surface area contributed by atoms with Gasteiger partial charge in [-0.1, -0.05) is 69.4 Å². The van der Waals surface area contributed by atoms with Crippen molar-refractivity contribution in [3.05, 3.63) is 54.2 Å². The summed E-state index contributed by atoms with van der Waals surface area (Å²) in [6, 6.07) is 10.2. The van der Waals surface area contributed by atoms with E-state index in [1.54, 1.807) is 6.33 Å². The fraction of sp³-hybridized carbons (Fsp3) is 0.450. The Morgan fingerprint density at radius 2 is 1.80 bits per heavy atom. The zero-order valence-corrected chi connectivity index (χ0v) is 14.8. The largest absolute Gasteiger partial charge is 0.387 e. The summed E-state index contributed by atoms with van der Waals surface area (Å²) in [6.07, 6.45) is 9.35. The number of hydrogen-bond acceptors (Lipinski definition) is 4. The molecule has 1 atom stereocenters. The van der Waals surface area contributed by atoms with Crippen LogP contribution in [0.2, 0.25) is 0 Å². The van der Waals surface area contributed by atoms with E-state index in [-0.39, 0.29) is 0 Å². The van der Waals surface area contributed by atoms with Crippen LogP contribution in [-0.2, 0) is 6.54 Å². The van der Waals surface area contributed by atoms with Gasteiger partial charge in [-0.2, -0.15) is 0 Å². The molecule has 0 bridgehead atoms. The van der Waals surface area contributed by atoms with Crippen LogP contribution in [0.15, 0.2) is 43.0 Å². The molecule has 0 aliphatic carbocycles. The first-order valence-corrected chi connectivity index (χ1v) is 9.17. The molecule has 3 aromatic rings. The smallest absolute Gasteiger partial charge is 0.163 e. The number of hydrogen-bond donors (Lipinski definition) is 1. The molecule has 0 radical (unpaired) electrons. The molecule has 1 unspecified atom stereocenters. The van der Waals surface area contributed by atoms with Crippen molar-refractivity contribution in [2.45, 2.75) is 58.1 Å². The van der Waals surface area contributed by atoms with Crippen molar-refractivity contribution in [2.75, 3.05) is 0 Å². The van der Waals surface area contributed by atoms with Crippen molar-refractivity contribution in [3.63, 3.8) is 0 Å². The topological polar surface area (TPSA) is 63.8 Å². The number of unbranched alkanes of at least 4 members (excludes halogenated alkanes) is 4. The second-order valence-electron chi connectivity index (χ2n) is 6.51. The van der Waals surface area contributed by atoms with E-state index in [0.717, 1.165) is 24.9 Å². The first kappa shape index (κ1) is 17.5. The number of aliphatic hydroxyl groups excluding tert-OH is 1. The van der Waals surface area contributed by atoms with Gasteiger partial charge in [0.25, 0.3) is 0 Å². The molecule has 0 amide bonds. The van der Waals surface area contributed by atoms with Gasteiger partial charge >= 0.3 is 0 Å². The Hall–Kier alpha value is -2.27. The minimum Gasteiger partial charge on any atom is -0.387 e. The van der Waals surface area contributed by atoms with Gasteiger partial charge in [0, 0.05) is 0 Å². The molecule has 5 heteroatoms. The third-order valence-electron chi connectivity index (χ3n) is 4.52. The minimum absolute atomic E-state index is 0.577. The lowest BCUT2D eigenvalue weighted by molar-refractivity contribution is 0.160. The number of aliphatic hydroxyl groups is 1. The summed E-state index contributed by atoms with van der Waals surface area (Å²) in [5.41, 5.74) is 3.32. The molecule has 5 nitrogen and oxygen atoms in total. The molecule has 1 N–H and O–H groups in total. The zero-order chi connectivity index (χ0) is 17.5. The number of benzene rings is 1. The van der Waals surface area contributed by atoms with Gasteiger partial charge in [-0.25, -0.2) is 15.0 Å². The lowest BCUT2D eigenvalue weighted by atomic mass is 10.1. The Balaban J connectivity index is 1.72. The lowest BCUT2D eigenvalue weighted by Gasteiger charge is -2.10. The van der Waals surface area contributed by atoms with Crippen molar-refractivity contribution in [1.29, 1.82) is 0 Å². The second-order valence-corrected chi connectivity index (χ2v) is 6.51. The van der Waals surface area contributed by atoms with E-state index in [4.69, 9.17) is 0 Å². The van der Waals surface area contributed by atoms with Gasteiger partial charge in [0.05, 0.1) is 19.0 Å². The number of rotatable bonds is 9. The van der Waals surface area contributed by atoms with E-state index in [9.17, 15) is 5.11 Å². The van der Waals surface area contributed by atoms with Crippen LogP contribution < -0.4 is 0 Å². The molecular weight excluding hydrogens is 312 g/mol. The molecule has 0 aliphatic heterocycles. The first-order valence-electron chi connectivity index (χ1n) is 9.17. The van der Waals surface area contributed by atoms with Crippen molar-refractivity contribution in [1.82, 2.24) is 19.5 Å². The standard InChI is InChI=1S/C20H26N4O/c1-2-3-4-5-9-12-17(25)18-19-20(22-14-21-18)24(15-23-19)13-16-10-7-6-8-11-16/h6-8,10-11,14-15,17,25H,2-5,9,12-13H2,1H3. The van der Waals surface area contributed by atoms with Crippen molar-refractivity contribution in [2.24, 2.45) is 0 Å². The highest BCUT2D eigenvalue weighted by molar-refractivity contribution is 5.73. The predicted octanol–water partition coefficient (Wildman–Crippen LogP) is 4.27. The van der Waals surface area contributed by atoms with Gasteiger partial charge in [-0.05, 0) is 12.0 Å². The fourth-order valence-electron chi connectivity index (χ4n) is 3.12. The third-order valence-corrected chi connectivity index (χ3v) is 4.52. The van der Waals surface area contributed by atoms with Gasteiger partial charge in [0.1, 0.15) is 17.5 Å². The molecule has 25 heavy (non-hydrogen) atoms. The van der Waals surface area contributed by atoms with Gasteiger partial charge in [0.15, 0.2) is 5.65 Å². The quantitative estimate of drug-likeness (QED) is 0.592. The summed E-state index contributed by atoms with van der Waals surface area (Å²) in [4.78, 5) is 13.2. The highest BCUT2D eigenvalue weighted by atomic mass is 16.3. The van der Waals surface area contributed by atoms with Crippen LogP contribution in [0.1, 0.15) is 62.8 Å². The highest BCUT2D eigenvalue weighted by Gasteiger charge is 2.17. The van der Waals surface area contributed by atoms with Crippen molar-refractivity contribution in [3.8, 4) is 0 Å². The number of imidazole rings is 1. The molecule has 2 heterocycles. The third kappa shape index (κ3) is 4.42. The molecule has 0 fully saturated rings. The average Bonchev–Trinajstić information content (AvgIpc) is 3.05. The van der Waals surface area contributed by atoms with E-state index < -0.39 is 6.10 Å². The molecule has 0 saturated heterocycles. The van der Waals surface area contributed by atoms with Crippen LogP contribution in [0, 0.1) is 0 Å². The van der Waals surface area contributed by atoms with Gasteiger partial charge in [0.2, 0.25) is 0 Å². The predicted molar refractivity (Wildman–Crippen MR) is 99.2 cm³/mol. The Morgan fingerprint density at radius 3 is 2.60 bits per heavy atom. The molecule has 0 spiro atoms. The molecule has 0 aliphatic rings. The fourth-order valence-corrected chi connectivity index (χ4v) is 3.12. The summed E-state index contributed by atoms with van der Waals surface area (Å²) in [5, 5.41) is 10.5. The summed E-state index contributed by atoms with van der Waals surface area (Å²) < 4.78 is 2.00. The van der Waals surface area contributed by atoms with Crippen LogP contribution in [0.25, 0.3) is 11.2 Å². The van der Waals surface area contributed by atoms with E-state index in [1.165, 1.54) is 31.2 Å². The Labute approximate surface area is 148 Å². The zero-order valence-electron chi connectivity index (χ0n) is 14.8. The molecular formula is C20H26N4O. The Bertz CT molecular complexity index is 785. The van der Waals surface area contributed by atoms with Crippen LogP contribution in [0.3, 0.4) is 0 Å². The molecule has 3 rings (SSSR count). The molecule has 0 saturated carbocycles. The van der Waals surface area contributed by atoms with E-state index >= 15 is 0 Å². The SMILES string of the molecule is CCCCCCCC(O)c1ncnc2c1ncn2Cc1ccccc1. The van der Waals surface area contributed by atoms with Gasteiger partial charge in [-0.3, -0.25) is 0 Å². The van der Waals surface area contributed by atoms with Gasteiger partial charge < -0.3 is 9.67 Å². The number of nitrogens with zero attached hydrogens (tertiary/aromatic N) is 4. The van der Waals surface area contributed by atoms with Crippen molar-refractivity contribution < 1.29 is 5.11 Å². The highest BCUT2D eigenvalue weighted by Crippen LogP contribution is 2.24. The first-order chi connectivity index (χ1) is 12.3.